The van der Waals surface area contributed by atoms with Gasteiger partial charge in [-0.1, -0.05) is 42.0 Å². The van der Waals surface area contributed by atoms with Crippen LogP contribution in [-0.2, 0) is 14.4 Å². The monoisotopic (exact) mass is 475 g/mol. The Morgan fingerprint density at radius 3 is 2.88 bits per heavy atom. The summed E-state index contributed by atoms with van der Waals surface area (Å²) >= 11 is 2.52. The molecule has 1 atom stereocenters. The van der Waals surface area contributed by atoms with E-state index in [9.17, 15) is 14.4 Å². The predicted molar refractivity (Wildman–Crippen MR) is 123 cm³/mol. The molecule has 2 fully saturated rings. The van der Waals surface area contributed by atoms with Gasteiger partial charge in [-0.15, -0.1) is 10.2 Å². The van der Waals surface area contributed by atoms with Gasteiger partial charge in [0.15, 0.2) is 4.34 Å². The fourth-order valence-corrected chi connectivity index (χ4v) is 5.47. The number of aromatic nitrogens is 2. The first kappa shape index (κ1) is 22.5. The van der Waals surface area contributed by atoms with Crippen molar-refractivity contribution in [1.29, 1.82) is 0 Å². The normalized spacial score (nSPS) is 18.7. The van der Waals surface area contributed by atoms with Crippen LogP contribution < -0.4 is 20.3 Å². The molecule has 0 spiro atoms. The highest BCUT2D eigenvalue weighted by Gasteiger charge is 2.35. The van der Waals surface area contributed by atoms with Crippen molar-refractivity contribution in [2.75, 3.05) is 29.6 Å². The predicted octanol–water partition coefficient (Wildman–Crippen LogP) is 2.69. The molecule has 1 aliphatic carbocycles. The van der Waals surface area contributed by atoms with Crippen LogP contribution >= 0.6 is 23.1 Å². The molecule has 2 aliphatic rings. The van der Waals surface area contributed by atoms with Gasteiger partial charge in [-0.3, -0.25) is 14.4 Å². The molecule has 4 rings (SSSR count). The number of rotatable bonds is 8. The van der Waals surface area contributed by atoms with Crippen molar-refractivity contribution in [1.82, 2.24) is 15.5 Å². The number of carbonyl (C=O) groups excluding carboxylic acids is 3. The minimum absolute atomic E-state index is 0.00946. The highest BCUT2D eigenvalue weighted by molar-refractivity contribution is 8.01. The molecule has 0 radical (unpaired) electrons. The number of benzene rings is 1. The summed E-state index contributed by atoms with van der Waals surface area (Å²) in [6.07, 6.45) is 4.56. The second-order valence-corrected chi connectivity index (χ2v) is 10.0. The van der Waals surface area contributed by atoms with Gasteiger partial charge in [-0.25, -0.2) is 0 Å². The minimum Gasteiger partial charge on any atom is -0.497 e. The van der Waals surface area contributed by atoms with Gasteiger partial charge in [0, 0.05) is 30.8 Å². The summed E-state index contributed by atoms with van der Waals surface area (Å²) in [6, 6.07) is 7.49. The van der Waals surface area contributed by atoms with Crippen LogP contribution in [-0.4, -0.2) is 53.4 Å². The number of methoxy groups -OCH3 is 1. The average molecular weight is 476 g/mol. The molecule has 2 N–H and O–H groups in total. The summed E-state index contributed by atoms with van der Waals surface area (Å²) < 4.78 is 5.83. The Morgan fingerprint density at radius 2 is 2.09 bits per heavy atom. The van der Waals surface area contributed by atoms with Crippen LogP contribution in [0.3, 0.4) is 0 Å². The van der Waals surface area contributed by atoms with Crippen molar-refractivity contribution in [3.05, 3.63) is 24.3 Å². The molecule has 3 amide bonds. The number of nitrogens with zero attached hydrogens (tertiary/aromatic N) is 3. The van der Waals surface area contributed by atoms with Gasteiger partial charge < -0.3 is 20.3 Å². The molecule has 32 heavy (non-hydrogen) atoms. The van der Waals surface area contributed by atoms with Gasteiger partial charge in [0.25, 0.3) is 0 Å². The number of ether oxygens (including phenoxy) is 1. The van der Waals surface area contributed by atoms with E-state index < -0.39 is 5.92 Å². The average Bonchev–Trinajstić information content (AvgIpc) is 3.54. The van der Waals surface area contributed by atoms with Crippen molar-refractivity contribution in [3.63, 3.8) is 0 Å². The molecule has 0 unspecified atom stereocenters. The fraction of sp³-hybridized carbons (Fsp3) is 0.476. The zero-order chi connectivity index (χ0) is 22.5. The lowest BCUT2D eigenvalue weighted by Gasteiger charge is -2.17. The number of amides is 3. The van der Waals surface area contributed by atoms with Crippen LogP contribution in [0.2, 0.25) is 0 Å². The highest BCUT2D eigenvalue weighted by Crippen LogP contribution is 2.30. The lowest BCUT2D eigenvalue weighted by Crippen LogP contribution is -2.33. The van der Waals surface area contributed by atoms with Gasteiger partial charge in [-0.2, -0.15) is 0 Å². The molecule has 0 bridgehead atoms. The van der Waals surface area contributed by atoms with Crippen LogP contribution in [0.4, 0.5) is 10.8 Å². The quantitative estimate of drug-likeness (QED) is 0.446. The van der Waals surface area contributed by atoms with E-state index in [2.05, 4.69) is 20.8 Å². The van der Waals surface area contributed by atoms with Crippen LogP contribution in [0.5, 0.6) is 5.75 Å². The maximum Gasteiger partial charge on any atom is 0.231 e. The van der Waals surface area contributed by atoms with E-state index in [1.807, 2.05) is 12.1 Å². The van der Waals surface area contributed by atoms with Crippen molar-refractivity contribution in [3.8, 4) is 5.75 Å². The largest absolute Gasteiger partial charge is 0.497 e. The standard InChI is InChI=1S/C21H25N5O4S2/c1-30-16-8-4-7-15(10-16)26-11-13(9-18(26)28)19(29)23-20-24-25-21(32-20)31-12-17(27)22-14-5-2-3-6-14/h4,7-8,10,13-14H,2-3,5-6,9,11-12H2,1H3,(H,22,27)(H,23,24,29)/t13-/m0/s1. The van der Waals surface area contributed by atoms with Gasteiger partial charge in [0.2, 0.25) is 22.9 Å². The number of carbonyl (C=O) groups is 3. The number of anilines is 2. The van der Waals surface area contributed by atoms with Gasteiger partial charge in [-0.05, 0) is 25.0 Å². The number of nitrogens with one attached hydrogen (secondary N) is 2. The Bertz CT molecular complexity index is 992. The second-order valence-electron chi connectivity index (χ2n) is 7.81. The molecular weight excluding hydrogens is 450 g/mol. The summed E-state index contributed by atoms with van der Waals surface area (Å²) in [6.45, 7) is 0.291. The van der Waals surface area contributed by atoms with E-state index in [-0.39, 0.29) is 35.9 Å². The van der Waals surface area contributed by atoms with Gasteiger partial charge in [0.05, 0.1) is 18.8 Å². The Morgan fingerprint density at radius 1 is 1.28 bits per heavy atom. The smallest absolute Gasteiger partial charge is 0.231 e. The Hall–Kier alpha value is -2.66. The Balaban J connectivity index is 1.27. The molecule has 11 heteroatoms. The third-order valence-electron chi connectivity index (χ3n) is 5.54. The molecule has 2 heterocycles. The fourth-order valence-electron chi connectivity index (χ4n) is 3.90. The lowest BCUT2D eigenvalue weighted by molar-refractivity contribution is -0.122. The third-order valence-corrected chi connectivity index (χ3v) is 7.52. The highest BCUT2D eigenvalue weighted by atomic mass is 32.2. The molecule has 9 nitrogen and oxygen atoms in total. The lowest BCUT2D eigenvalue weighted by atomic mass is 10.1. The molecule has 170 valence electrons. The van der Waals surface area contributed by atoms with Crippen molar-refractivity contribution >= 4 is 51.6 Å². The summed E-state index contributed by atoms with van der Waals surface area (Å²) in [5, 5.41) is 14.2. The first-order valence-electron chi connectivity index (χ1n) is 10.5. The topological polar surface area (TPSA) is 114 Å². The van der Waals surface area contributed by atoms with Crippen LogP contribution in [0.25, 0.3) is 0 Å². The van der Waals surface area contributed by atoms with E-state index in [0.717, 1.165) is 12.8 Å². The molecule has 1 aliphatic heterocycles. The molecular formula is C21H25N5O4S2. The zero-order valence-corrected chi connectivity index (χ0v) is 19.3. The van der Waals surface area contributed by atoms with Crippen LogP contribution in [0, 0.1) is 5.92 Å². The van der Waals surface area contributed by atoms with E-state index in [1.54, 1.807) is 24.1 Å². The first-order valence-corrected chi connectivity index (χ1v) is 12.3. The van der Waals surface area contributed by atoms with Gasteiger partial charge in [0.1, 0.15) is 5.75 Å². The Labute approximate surface area is 194 Å². The molecule has 1 saturated carbocycles. The summed E-state index contributed by atoms with van der Waals surface area (Å²) in [7, 11) is 1.57. The first-order chi connectivity index (χ1) is 15.5. The van der Waals surface area contributed by atoms with Crippen molar-refractivity contribution < 1.29 is 19.1 Å². The number of hydrogen-bond acceptors (Lipinski definition) is 8. The van der Waals surface area contributed by atoms with Crippen molar-refractivity contribution in [2.24, 2.45) is 5.92 Å². The number of thioether (sulfide) groups is 1. The van der Waals surface area contributed by atoms with Gasteiger partial charge >= 0.3 is 0 Å². The van der Waals surface area contributed by atoms with E-state index in [0.29, 0.717) is 27.5 Å². The molecule has 1 aromatic carbocycles. The summed E-state index contributed by atoms with van der Waals surface area (Å²) in [5.74, 6) is 0.0522. The van der Waals surface area contributed by atoms with E-state index in [4.69, 9.17) is 4.74 Å². The van der Waals surface area contributed by atoms with Crippen molar-refractivity contribution in [2.45, 2.75) is 42.5 Å². The molecule has 1 aromatic heterocycles. The molecule has 1 saturated heterocycles. The second kappa shape index (κ2) is 10.3. The third kappa shape index (κ3) is 5.57. The summed E-state index contributed by atoms with van der Waals surface area (Å²) in [5.41, 5.74) is 0.704. The SMILES string of the molecule is COc1cccc(N2C[C@@H](C(=O)Nc3nnc(SCC(=O)NC4CCCC4)s3)CC2=O)c1. The maximum atomic E-state index is 12.7. The number of hydrogen-bond donors (Lipinski definition) is 2. The van der Waals surface area contributed by atoms with Crippen LogP contribution in [0.1, 0.15) is 32.1 Å². The minimum atomic E-state index is -0.481. The van der Waals surface area contributed by atoms with E-state index >= 15 is 0 Å². The summed E-state index contributed by atoms with van der Waals surface area (Å²) in [4.78, 5) is 38.8. The van der Waals surface area contributed by atoms with Crippen LogP contribution in [0.15, 0.2) is 28.6 Å². The maximum absolute atomic E-state index is 12.7. The zero-order valence-electron chi connectivity index (χ0n) is 17.7. The van der Waals surface area contributed by atoms with E-state index in [1.165, 1.54) is 35.9 Å². The Kier molecular flexibility index (Phi) is 7.26. The molecule has 2 aromatic rings.